The van der Waals surface area contributed by atoms with Gasteiger partial charge in [-0.15, -0.1) is 0 Å². The van der Waals surface area contributed by atoms with Crippen LogP contribution in [0.3, 0.4) is 0 Å². The highest BCUT2D eigenvalue weighted by atomic mass is 32.2. The minimum absolute atomic E-state index is 0.0588. The SMILES string of the molecule is NS(=O)(=O)OCc1cccc2cc[nH]c12. The molecule has 0 aliphatic heterocycles. The van der Waals surface area contributed by atoms with Gasteiger partial charge in [0, 0.05) is 11.8 Å². The molecule has 0 spiro atoms. The summed E-state index contributed by atoms with van der Waals surface area (Å²) < 4.78 is 25.8. The van der Waals surface area contributed by atoms with Gasteiger partial charge in [-0.25, -0.2) is 5.14 Å². The molecular formula is C9H10N2O3S. The van der Waals surface area contributed by atoms with Crippen LogP contribution in [0.15, 0.2) is 30.5 Å². The Morgan fingerprint density at radius 1 is 1.33 bits per heavy atom. The second kappa shape index (κ2) is 3.65. The van der Waals surface area contributed by atoms with Crippen molar-refractivity contribution in [3.63, 3.8) is 0 Å². The Kier molecular flexibility index (Phi) is 2.47. The zero-order valence-corrected chi connectivity index (χ0v) is 8.62. The number of H-pyrrole nitrogens is 1. The lowest BCUT2D eigenvalue weighted by Gasteiger charge is -2.02. The molecule has 6 heteroatoms. The van der Waals surface area contributed by atoms with E-state index in [1.54, 1.807) is 12.3 Å². The molecule has 0 atom stereocenters. The van der Waals surface area contributed by atoms with Crippen LogP contribution >= 0.6 is 0 Å². The molecule has 5 nitrogen and oxygen atoms in total. The summed E-state index contributed by atoms with van der Waals surface area (Å²) in [5, 5.41) is 5.75. The Balaban J connectivity index is 2.32. The van der Waals surface area contributed by atoms with Crippen molar-refractivity contribution in [2.75, 3.05) is 0 Å². The number of fused-ring (bicyclic) bond motifs is 1. The molecule has 2 rings (SSSR count). The molecule has 1 aromatic heterocycles. The zero-order valence-electron chi connectivity index (χ0n) is 7.80. The van der Waals surface area contributed by atoms with Gasteiger partial charge in [-0.2, -0.15) is 8.42 Å². The summed E-state index contributed by atoms with van der Waals surface area (Å²) in [6.07, 6.45) is 1.78. The molecule has 15 heavy (non-hydrogen) atoms. The summed E-state index contributed by atoms with van der Waals surface area (Å²) in [6, 6.07) is 7.43. The maximum atomic E-state index is 10.6. The number of nitrogens with one attached hydrogen (secondary N) is 1. The smallest absolute Gasteiger partial charge is 0.333 e. The van der Waals surface area contributed by atoms with E-state index in [9.17, 15) is 8.42 Å². The van der Waals surface area contributed by atoms with E-state index in [1.807, 2.05) is 18.2 Å². The summed E-state index contributed by atoms with van der Waals surface area (Å²) in [5.74, 6) is 0. The van der Waals surface area contributed by atoms with Crippen LogP contribution in [0.2, 0.25) is 0 Å². The van der Waals surface area contributed by atoms with E-state index in [4.69, 9.17) is 5.14 Å². The van der Waals surface area contributed by atoms with Gasteiger partial charge in [0.25, 0.3) is 0 Å². The maximum Gasteiger partial charge on any atom is 0.333 e. The molecule has 0 aliphatic carbocycles. The van der Waals surface area contributed by atoms with Crippen molar-refractivity contribution in [1.82, 2.24) is 4.98 Å². The lowest BCUT2D eigenvalue weighted by atomic mass is 10.1. The van der Waals surface area contributed by atoms with E-state index in [0.29, 0.717) is 0 Å². The van der Waals surface area contributed by atoms with E-state index in [2.05, 4.69) is 9.17 Å². The van der Waals surface area contributed by atoms with Crippen LogP contribution in [-0.4, -0.2) is 13.4 Å². The van der Waals surface area contributed by atoms with Crippen molar-refractivity contribution < 1.29 is 12.6 Å². The van der Waals surface area contributed by atoms with Gasteiger partial charge in [-0.05, 0) is 11.5 Å². The van der Waals surface area contributed by atoms with E-state index in [-0.39, 0.29) is 6.61 Å². The number of hydrogen-bond acceptors (Lipinski definition) is 3. The molecule has 0 saturated carbocycles. The lowest BCUT2D eigenvalue weighted by Crippen LogP contribution is -2.15. The summed E-state index contributed by atoms with van der Waals surface area (Å²) >= 11 is 0. The van der Waals surface area contributed by atoms with Crippen LogP contribution in [0.1, 0.15) is 5.56 Å². The minimum atomic E-state index is -3.89. The first-order valence-electron chi connectivity index (χ1n) is 4.28. The Bertz CT molecular complexity index is 574. The third-order valence-corrected chi connectivity index (χ3v) is 2.50. The van der Waals surface area contributed by atoms with E-state index in [1.165, 1.54) is 0 Å². The molecule has 2 aromatic rings. The fraction of sp³-hybridized carbons (Fsp3) is 0.111. The van der Waals surface area contributed by atoms with Gasteiger partial charge >= 0.3 is 10.3 Å². The predicted molar refractivity (Wildman–Crippen MR) is 56.2 cm³/mol. The van der Waals surface area contributed by atoms with Gasteiger partial charge in [0.15, 0.2) is 0 Å². The Morgan fingerprint density at radius 3 is 2.87 bits per heavy atom. The molecule has 0 fully saturated rings. The molecule has 80 valence electrons. The van der Waals surface area contributed by atoms with Crippen LogP contribution in [0.5, 0.6) is 0 Å². The monoisotopic (exact) mass is 226 g/mol. The molecule has 0 saturated heterocycles. The fourth-order valence-corrected chi connectivity index (χ4v) is 1.71. The Morgan fingerprint density at radius 2 is 2.13 bits per heavy atom. The zero-order chi connectivity index (χ0) is 10.9. The van der Waals surface area contributed by atoms with Crippen molar-refractivity contribution in [2.24, 2.45) is 5.14 Å². The highest BCUT2D eigenvalue weighted by Gasteiger charge is 2.06. The van der Waals surface area contributed by atoms with Gasteiger partial charge in [0.1, 0.15) is 0 Å². The van der Waals surface area contributed by atoms with Crippen LogP contribution in [0.4, 0.5) is 0 Å². The molecule has 1 aromatic carbocycles. The second-order valence-corrected chi connectivity index (χ2v) is 4.34. The number of para-hydroxylation sites is 1. The molecule has 0 unspecified atom stereocenters. The summed E-state index contributed by atoms with van der Waals surface area (Å²) in [4.78, 5) is 3.01. The number of rotatable bonds is 3. The number of hydrogen-bond donors (Lipinski definition) is 2. The molecule has 0 radical (unpaired) electrons. The average molecular weight is 226 g/mol. The number of aromatic nitrogens is 1. The van der Waals surface area contributed by atoms with Crippen molar-refractivity contribution in [2.45, 2.75) is 6.61 Å². The number of aromatic amines is 1. The first kappa shape index (κ1) is 10.2. The standard InChI is InChI=1S/C9H10N2O3S/c10-15(12,13)14-6-8-3-1-2-7-4-5-11-9(7)8/h1-5,11H,6H2,(H2,10,12,13). The molecule has 0 aliphatic rings. The summed E-state index contributed by atoms with van der Waals surface area (Å²) in [6.45, 7) is -0.0588. The summed E-state index contributed by atoms with van der Waals surface area (Å²) in [5.41, 5.74) is 1.62. The average Bonchev–Trinajstić information content (AvgIpc) is 2.61. The van der Waals surface area contributed by atoms with Crippen LogP contribution in [0.25, 0.3) is 10.9 Å². The van der Waals surface area contributed by atoms with Crippen molar-refractivity contribution in [3.05, 3.63) is 36.0 Å². The largest absolute Gasteiger partial charge is 0.361 e. The molecule has 1 heterocycles. The Hall–Kier alpha value is -1.37. The van der Waals surface area contributed by atoms with Crippen LogP contribution < -0.4 is 5.14 Å². The van der Waals surface area contributed by atoms with Crippen LogP contribution in [-0.2, 0) is 21.1 Å². The van der Waals surface area contributed by atoms with E-state index >= 15 is 0 Å². The quantitative estimate of drug-likeness (QED) is 0.814. The van der Waals surface area contributed by atoms with Gasteiger partial charge in [0.05, 0.1) is 12.1 Å². The highest BCUT2D eigenvalue weighted by Crippen LogP contribution is 2.17. The van der Waals surface area contributed by atoms with Crippen molar-refractivity contribution in [1.29, 1.82) is 0 Å². The maximum absolute atomic E-state index is 10.6. The second-order valence-electron chi connectivity index (χ2n) is 3.11. The van der Waals surface area contributed by atoms with Gasteiger partial charge in [-0.1, -0.05) is 18.2 Å². The third kappa shape index (κ3) is 2.35. The van der Waals surface area contributed by atoms with Crippen molar-refractivity contribution in [3.8, 4) is 0 Å². The van der Waals surface area contributed by atoms with E-state index < -0.39 is 10.3 Å². The first-order valence-corrected chi connectivity index (χ1v) is 5.75. The molecule has 0 bridgehead atoms. The van der Waals surface area contributed by atoms with Gasteiger partial charge in [-0.3, -0.25) is 4.18 Å². The summed E-state index contributed by atoms with van der Waals surface area (Å²) in [7, 11) is -3.89. The minimum Gasteiger partial charge on any atom is -0.361 e. The van der Waals surface area contributed by atoms with Gasteiger partial charge < -0.3 is 4.98 Å². The molecule has 0 amide bonds. The normalized spacial score (nSPS) is 12.1. The fourth-order valence-electron chi connectivity index (χ4n) is 1.42. The lowest BCUT2D eigenvalue weighted by molar-refractivity contribution is 0.310. The topological polar surface area (TPSA) is 85.2 Å². The number of benzene rings is 1. The number of nitrogens with two attached hydrogens (primary N) is 1. The van der Waals surface area contributed by atoms with Crippen LogP contribution in [0, 0.1) is 0 Å². The molecule has 3 N–H and O–H groups in total. The van der Waals surface area contributed by atoms with Crippen molar-refractivity contribution >= 4 is 21.2 Å². The van der Waals surface area contributed by atoms with Gasteiger partial charge in [0.2, 0.25) is 0 Å². The molecular weight excluding hydrogens is 216 g/mol. The predicted octanol–water partition coefficient (Wildman–Crippen LogP) is 0.888. The third-order valence-electron chi connectivity index (χ3n) is 2.05. The highest BCUT2D eigenvalue weighted by molar-refractivity contribution is 7.84. The van der Waals surface area contributed by atoms with E-state index in [0.717, 1.165) is 16.5 Å². The first-order chi connectivity index (χ1) is 7.06. The Labute approximate surface area is 87.1 Å².